The van der Waals surface area contributed by atoms with Crippen LogP contribution in [0.4, 0.5) is 5.69 Å². The average Bonchev–Trinajstić information content (AvgIpc) is 2.65. The van der Waals surface area contributed by atoms with Crippen LogP contribution in [0.15, 0.2) is 48.5 Å². The number of rotatable bonds is 6. The van der Waals surface area contributed by atoms with Gasteiger partial charge in [-0.05, 0) is 85.1 Å². The van der Waals surface area contributed by atoms with E-state index in [0.717, 1.165) is 18.0 Å². The molecule has 0 heterocycles. The Morgan fingerprint density at radius 2 is 1.68 bits per heavy atom. The number of benzene rings is 2. The van der Waals surface area contributed by atoms with E-state index in [-0.39, 0.29) is 0 Å². The number of nitrogen functional groups attached to an aromatic ring is 1. The third-order valence-corrected chi connectivity index (χ3v) is 6.22. The Labute approximate surface area is 153 Å². The Morgan fingerprint density at radius 3 is 2.32 bits per heavy atom. The molecule has 25 heavy (non-hydrogen) atoms. The predicted molar refractivity (Wildman–Crippen MR) is 109 cm³/mol. The summed E-state index contributed by atoms with van der Waals surface area (Å²) in [5.41, 5.74) is 11.7. The lowest BCUT2D eigenvalue weighted by Gasteiger charge is -2.41. The lowest BCUT2D eigenvalue weighted by atomic mass is 9.64. The van der Waals surface area contributed by atoms with Crippen molar-refractivity contribution >= 4 is 5.69 Å². The lowest BCUT2D eigenvalue weighted by molar-refractivity contribution is 0.156. The maximum absolute atomic E-state index is 5.86. The zero-order chi connectivity index (χ0) is 17.7. The van der Waals surface area contributed by atoms with Crippen molar-refractivity contribution in [3.05, 3.63) is 65.2 Å². The van der Waals surface area contributed by atoms with Crippen LogP contribution in [0.2, 0.25) is 0 Å². The van der Waals surface area contributed by atoms with Gasteiger partial charge in [0.15, 0.2) is 0 Å². The first-order valence-corrected chi connectivity index (χ1v) is 10.1. The Bertz CT molecular complexity index is 663. The van der Waals surface area contributed by atoms with E-state index in [1.165, 1.54) is 56.1 Å². The molecule has 2 aromatic carbocycles. The van der Waals surface area contributed by atoms with Crippen LogP contribution in [0.3, 0.4) is 0 Å². The van der Waals surface area contributed by atoms with Crippen LogP contribution in [0.5, 0.6) is 0 Å². The first-order valence-electron chi connectivity index (χ1n) is 10.1. The normalized spacial score (nSPS) is 23.5. The number of hydrogen-bond acceptors (Lipinski definition) is 1. The second-order valence-corrected chi connectivity index (χ2v) is 8.04. The molecule has 0 bridgehead atoms. The zero-order valence-electron chi connectivity index (χ0n) is 15.9. The Hall–Kier alpha value is -1.76. The summed E-state index contributed by atoms with van der Waals surface area (Å²) in [6.07, 6.45) is 10.4. The highest BCUT2D eigenvalue weighted by Gasteiger charge is 2.35. The minimum absolute atomic E-state index is 0.490. The number of aryl methyl sites for hydroxylation is 1. The Morgan fingerprint density at radius 1 is 0.960 bits per heavy atom. The first-order chi connectivity index (χ1) is 12.1. The van der Waals surface area contributed by atoms with Gasteiger partial charge >= 0.3 is 0 Å². The van der Waals surface area contributed by atoms with Crippen LogP contribution in [-0.2, 0) is 12.8 Å². The Kier molecular flexibility index (Phi) is 5.83. The monoisotopic (exact) mass is 335 g/mol. The first kappa shape index (κ1) is 18.0. The summed E-state index contributed by atoms with van der Waals surface area (Å²) in [5.74, 6) is 0.753. The molecule has 134 valence electrons. The van der Waals surface area contributed by atoms with Crippen molar-refractivity contribution in [1.29, 1.82) is 0 Å². The minimum Gasteiger partial charge on any atom is -0.399 e. The van der Waals surface area contributed by atoms with Gasteiger partial charge < -0.3 is 5.73 Å². The van der Waals surface area contributed by atoms with Crippen molar-refractivity contribution < 1.29 is 0 Å². The number of nitrogens with two attached hydrogens (primary N) is 1. The van der Waals surface area contributed by atoms with Gasteiger partial charge in [-0.3, -0.25) is 0 Å². The fourth-order valence-electron chi connectivity index (χ4n) is 4.74. The molecule has 1 nitrogen and oxygen atoms in total. The van der Waals surface area contributed by atoms with Crippen molar-refractivity contribution in [3.8, 4) is 0 Å². The van der Waals surface area contributed by atoms with Crippen molar-refractivity contribution in [2.75, 3.05) is 5.73 Å². The minimum atomic E-state index is 0.490. The van der Waals surface area contributed by atoms with Crippen LogP contribution in [-0.4, -0.2) is 0 Å². The van der Waals surface area contributed by atoms with E-state index in [9.17, 15) is 0 Å². The van der Waals surface area contributed by atoms with Gasteiger partial charge in [0.05, 0.1) is 0 Å². The summed E-state index contributed by atoms with van der Waals surface area (Å²) in [6.45, 7) is 4.58. The summed E-state index contributed by atoms with van der Waals surface area (Å²) in [6, 6.07) is 17.8. The van der Waals surface area contributed by atoms with Crippen molar-refractivity contribution in [3.63, 3.8) is 0 Å². The SMILES string of the molecule is CCCC1(Cc2ccc(N)cc2)CCC(c2cccc(CC)c2)CC1. The molecule has 0 aliphatic heterocycles. The van der Waals surface area contributed by atoms with Gasteiger partial charge in [0, 0.05) is 5.69 Å². The zero-order valence-corrected chi connectivity index (χ0v) is 15.9. The van der Waals surface area contributed by atoms with Gasteiger partial charge in [0.1, 0.15) is 0 Å². The van der Waals surface area contributed by atoms with Gasteiger partial charge in [-0.25, -0.2) is 0 Å². The van der Waals surface area contributed by atoms with Gasteiger partial charge in [0.2, 0.25) is 0 Å². The number of hydrogen-bond donors (Lipinski definition) is 1. The molecule has 1 heteroatoms. The Balaban J connectivity index is 1.70. The summed E-state index contributed by atoms with van der Waals surface area (Å²) < 4.78 is 0. The van der Waals surface area contributed by atoms with Crippen molar-refractivity contribution in [2.45, 2.75) is 71.1 Å². The second kappa shape index (κ2) is 8.08. The van der Waals surface area contributed by atoms with E-state index < -0.39 is 0 Å². The molecule has 0 aromatic heterocycles. The van der Waals surface area contributed by atoms with Gasteiger partial charge in [-0.2, -0.15) is 0 Å². The van der Waals surface area contributed by atoms with Crippen LogP contribution < -0.4 is 5.73 Å². The highest BCUT2D eigenvalue weighted by Crippen LogP contribution is 2.47. The quantitative estimate of drug-likeness (QED) is 0.598. The van der Waals surface area contributed by atoms with E-state index in [1.807, 2.05) is 0 Å². The molecule has 0 spiro atoms. The number of anilines is 1. The summed E-state index contributed by atoms with van der Waals surface area (Å²) >= 11 is 0. The fourth-order valence-corrected chi connectivity index (χ4v) is 4.74. The summed E-state index contributed by atoms with van der Waals surface area (Å²) in [5, 5.41) is 0. The third-order valence-electron chi connectivity index (χ3n) is 6.22. The second-order valence-electron chi connectivity index (χ2n) is 8.04. The molecule has 1 aliphatic rings. The standard InChI is InChI=1S/C24H33N/c1-3-14-24(18-20-8-10-23(25)11-9-20)15-12-21(13-16-24)22-7-5-6-19(4-2)17-22/h5-11,17,21H,3-4,12-16,18,25H2,1-2H3. The molecule has 2 aromatic rings. The van der Waals surface area contributed by atoms with E-state index in [1.54, 1.807) is 5.56 Å². The van der Waals surface area contributed by atoms with E-state index >= 15 is 0 Å². The summed E-state index contributed by atoms with van der Waals surface area (Å²) in [7, 11) is 0. The third kappa shape index (κ3) is 4.45. The topological polar surface area (TPSA) is 26.0 Å². The van der Waals surface area contributed by atoms with Crippen LogP contribution in [0.1, 0.15) is 75.0 Å². The van der Waals surface area contributed by atoms with E-state index in [4.69, 9.17) is 5.73 Å². The van der Waals surface area contributed by atoms with Gasteiger partial charge in [0.25, 0.3) is 0 Å². The smallest absolute Gasteiger partial charge is 0.0314 e. The highest BCUT2D eigenvalue weighted by atomic mass is 14.5. The molecular formula is C24H33N. The molecule has 0 amide bonds. The predicted octanol–water partition coefficient (Wildman–Crippen LogP) is 6.52. The molecule has 0 saturated heterocycles. The molecule has 1 fully saturated rings. The molecule has 1 saturated carbocycles. The van der Waals surface area contributed by atoms with Crippen LogP contribution in [0, 0.1) is 5.41 Å². The molecule has 3 rings (SSSR count). The van der Waals surface area contributed by atoms with Crippen LogP contribution >= 0.6 is 0 Å². The largest absolute Gasteiger partial charge is 0.399 e. The molecule has 0 unspecified atom stereocenters. The van der Waals surface area contributed by atoms with Crippen molar-refractivity contribution in [2.24, 2.45) is 5.41 Å². The molecular weight excluding hydrogens is 302 g/mol. The maximum atomic E-state index is 5.86. The van der Waals surface area contributed by atoms with Crippen LogP contribution in [0.25, 0.3) is 0 Å². The molecule has 2 N–H and O–H groups in total. The highest BCUT2D eigenvalue weighted by molar-refractivity contribution is 5.39. The maximum Gasteiger partial charge on any atom is 0.0314 e. The molecule has 0 atom stereocenters. The van der Waals surface area contributed by atoms with E-state index in [0.29, 0.717) is 5.41 Å². The van der Waals surface area contributed by atoms with Gasteiger partial charge in [-0.1, -0.05) is 56.7 Å². The summed E-state index contributed by atoms with van der Waals surface area (Å²) in [4.78, 5) is 0. The average molecular weight is 336 g/mol. The van der Waals surface area contributed by atoms with Crippen molar-refractivity contribution in [1.82, 2.24) is 0 Å². The molecule has 0 radical (unpaired) electrons. The lowest BCUT2D eigenvalue weighted by Crippen LogP contribution is -2.29. The molecule has 1 aliphatic carbocycles. The van der Waals surface area contributed by atoms with E-state index in [2.05, 4.69) is 62.4 Å². The van der Waals surface area contributed by atoms with Gasteiger partial charge in [-0.15, -0.1) is 0 Å². The fraction of sp³-hybridized carbons (Fsp3) is 0.500.